The standard InChI is InChI=1S/C13H19N3O2/c14-11-2-3-12(15-9-11)16-13(17)4-1-10-5-7-18-8-6-10/h2-3,9-10H,1,4-8,14H2,(H,15,16,17). The van der Waals surface area contributed by atoms with Crippen LogP contribution in [0.15, 0.2) is 18.3 Å². The first-order valence-corrected chi connectivity index (χ1v) is 6.33. The maximum absolute atomic E-state index is 11.7. The summed E-state index contributed by atoms with van der Waals surface area (Å²) in [4.78, 5) is 15.8. The van der Waals surface area contributed by atoms with E-state index in [1.165, 1.54) is 6.20 Å². The number of hydrogen-bond acceptors (Lipinski definition) is 4. The van der Waals surface area contributed by atoms with Crippen molar-refractivity contribution in [3.05, 3.63) is 18.3 Å². The lowest BCUT2D eigenvalue weighted by Gasteiger charge is -2.21. The first-order chi connectivity index (χ1) is 8.74. The number of amides is 1. The Labute approximate surface area is 107 Å². The predicted octanol–water partition coefficient (Wildman–Crippen LogP) is 1.81. The van der Waals surface area contributed by atoms with Crippen LogP contribution in [0.1, 0.15) is 25.7 Å². The summed E-state index contributed by atoms with van der Waals surface area (Å²) in [5, 5.41) is 2.77. The average molecular weight is 249 g/mol. The molecule has 0 spiro atoms. The molecule has 2 rings (SSSR count). The van der Waals surface area contributed by atoms with E-state index in [0.29, 0.717) is 23.8 Å². The first kappa shape index (κ1) is 12.8. The van der Waals surface area contributed by atoms with Gasteiger partial charge in [0.15, 0.2) is 0 Å². The van der Waals surface area contributed by atoms with Crippen molar-refractivity contribution >= 4 is 17.4 Å². The molecule has 0 unspecified atom stereocenters. The molecule has 0 bridgehead atoms. The molecule has 1 aromatic heterocycles. The van der Waals surface area contributed by atoms with Crippen LogP contribution >= 0.6 is 0 Å². The minimum atomic E-state index is 0.0127. The highest BCUT2D eigenvalue weighted by atomic mass is 16.5. The van der Waals surface area contributed by atoms with E-state index >= 15 is 0 Å². The molecule has 0 aromatic carbocycles. The average Bonchev–Trinajstić information content (AvgIpc) is 2.40. The van der Waals surface area contributed by atoms with Crippen molar-refractivity contribution in [2.75, 3.05) is 24.3 Å². The van der Waals surface area contributed by atoms with Crippen LogP contribution in [0.3, 0.4) is 0 Å². The fraction of sp³-hybridized carbons (Fsp3) is 0.538. The Hall–Kier alpha value is -1.62. The number of carbonyl (C=O) groups is 1. The molecule has 1 amide bonds. The molecule has 5 heteroatoms. The van der Waals surface area contributed by atoms with Crippen molar-refractivity contribution in [2.24, 2.45) is 5.92 Å². The number of carbonyl (C=O) groups excluding carboxylic acids is 1. The minimum absolute atomic E-state index is 0.0127. The van der Waals surface area contributed by atoms with Crippen LogP contribution in [0, 0.1) is 5.92 Å². The van der Waals surface area contributed by atoms with E-state index in [1.807, 2.05) is 0 Å². The lowest BCUT2D eigenvalue weighted by atomic mass is 9.95. The summed E-state index contributed by atoms with van der Waals surface area (Å²) in [7, 11) is 0. The molecule has 1 aliphatic heterocycles. The summed E-state index contributed by atoms with van der Waals surface area (Å²) in [6.07, 6.45) is 5.12. The zero-order valence-corrected chi connectivity index (χ0v) is 10.4. The Kier molecular flexibility index (Phi) is 4.52. The Morgan fingerprint density at radius 3 is 2.89 bits per heavy atom. The minimum Gasteiger partial charge on any atom is -0.397 e. The maximum Gasteiger partial charge on any atom is 0.225 e. The van der Waals surface area contributed by atoms with Gasteiger partial charge in [-0.2, -0.15) is 0 Å². The Balaban J connectivity index is 1.73. The number of nitrogens with one attached hydrogen (secondary N) is 1. The van der Waals surface area contributed by atoms with Gasteiger partial charge in [-0.15, -0.1) is 0 Å². The van der Waals surface area contributed by atoms with Gasteiger partial charge in [-0.3, -0.25) is 4.79 Å². The van der Waals surface area contributed by atoms with Crippen LogP contribution in [0.4, 0.5) is 11.5 Å². The van der Waals surface area contributed by atoms with Gasteiger partial charge in [0.25, 0.3) is 0 Å². The molecule has 3 N–H and O–H groups in total. The predicted molar refractivity (Wildman–Crippen MR) is 70.1 cm³/mol. The smallest absolute Gasteiger partial charge is 0.225 e. The van der Waals surface area contributed by atoms with E-state index in [-0.39, 0.29) is 5.91 Å². The van der Waals surface area contributed by atoms with E-state index in [4.69, 9.17) is 10.5 Å². The number of rotatable bonds is 4. The maximum atomic E-state index is 11.7. The van der Waals surface area contributed by atoms with Gasteiger partial charge in [0.2, 0.25) is 5.91 Å². The molecule has 1 aliphatic rings. The molecule has 2 heterocycles. The van der Waals surface area contributed by atoms with Crippen LogP contribution in [0.2, 0.25) is 0 Å². The van der Waals surface area contributed by atoms with Crippen molar-refractivity contribution in [3.63, 3.8) is 0 Å². The normalized spacial score (nSPS) is 16.4. The molecule has 5 nitrogen and oxygen atoms in total. The second-order valence-corrected chi connectivity index (χ2v) is 4.62. The lowest BCUT2D eigenvalue weighted by molar-refractivity contribution is -0.116. The van der Waals surface area contributed by atoms with Crippen molar-refractivity contribution in [2.45, 2.75) is 25.7 Å². The summed E-state index contributed by atoms with van der Waals surface area (Å²) in [5.41, 5.74) is 6.12. The van der Waals surface area contributed by atoms with Gasteiger partial charge in [0.1, 0.15) is 5.82 Å². The molecular formula is C13H19N3O2. The molecule has 0 atom stereocenters. The third kappa shape index (κ3) is 4.00. The number of nitrogens with zero attached hydrogens (tertiary/aromatic N) is 1. The molecule has 18 heavy (non-hydrogen) atoms. The van der Waals surface area contributed by atoms with Gasteiger partial charge in [-0.05, 0) is 37.3 Å². The number of nitrogen functional groups attached to an aromatic ring is 1. The largest absolute Gasteiger partial charge is 0.397 e. The van der Waals surface area contributed by atoms with E-state index in [9.17, 15) is 4.79 Å². The molecule has 98 valence electrons. The summed E-state index contributed by atoms with van der Waals surface area (Å²) < 4.78 is 5.29. The monoisotopic (exact) mass is 249 g/mol. The van der Waals surface area contributed by atoms with Gasteiger partial charge in [0.05, 0.1) is 11.9 Å². The van der Waals surface area contributed by atoms with Gasteiger partial charge in [-0.25, -0.2) is 4.98 Å². The van der Waals surface area contributed by atoms with Crippen molar-refractivity contribution < 1.29 is 9.53 Å². The van der Waals surface area contributed by atoms with Crippen molar-refractivity contribution in [1.82, 2.24) is 4.98 Å². The van der Waals surface area contributed by atoms with Gasteiger partial charge in [-0.1, -0.05) is 0 Å². The van der Waals surface area contributed by atoms with Crippen LogP contribution < -0.4 is 11.1 Å². The zero-order chi connectivity index (χ0) is 12.8. The number of hydrogen-bond donors (Lipinski definition) is 2. The van der Waals surface area contributed by atoms with Crippen LogP contribution in [0.5, 0.6) is 0 Å². The number of pyridine rings is 1. The Morgan fingerprint density at radius 1 is 1.44 bits per heavy atom. The Bertz CT molecular complexity index is 386. The van der Waals surface area contributed by atoms with Gasteiger partial charge >= 0.3 is 0 Å². The molecule has 1 saturated heterocycles. The fourth-order valence-electron chi connectivity index (χ4n) is 2.05. The lowest BCUT2D eigenvalue weighted by Crippen LogP contribution is -2.19. The topological polar surface area (TPSA) is 77.2 Å². The third-order valence-corrected chi connectivity index (χ3v) is 3.17. The fourth-order valence-corrected chi connectivity index (χ4v) is 2.05. The van der Waals surface area contributed by atoms with E-state index in [2.05, 4.69) is 10.3 Å². The summed E-state index contributed by atoms with van der Waals surface area (Å²) in [5.74, 6) is 1.18. The third-order valence-electron chi connectivity index (χ3n) is 3.17. The highest BCUT2D eigenvalue weighted by molar-refractivity contribution is 5.89. The van der Waals surface area contributed by atoms with Gasteiger partial charge < -0.3 is 15.8 Å². The van der Waals surface area contributed by atoms with E-state index < -0.39 is 0 Å². The van der Waals surface area contributed by atoms with Gasteiger partial charge in [0, 0.05) is 19.6 Å². The van der Waals surface area contributed by atoms with Crippen LogP contribution in [0.25, 0.3) is 0 Å². The van der Waals surface area contributed by atoms with Crippen LogP contribution in [-0.2, 0) is 9.53 Å². The molecular weight excluding hydrogens is 230 g/mol. The summed E-state index contributed by atoms with van der Waals surface area (Å²) >= 11 is 0. The number of anilines is 2. The quantitative estimate of drug-likeness (QED) is 0.853. The van der Waals surface area contributed by atoms with E-state index in [0.717, 1.165) is 32.5 Å². The number of aromatic nitrogens is 1. The van der Waals surface area contributed by atoms with Crippen LogP contribution in [-0.4, -0.2) is 24.1 Å². The highest BCUT2D eigenvalue weighted by Gasteiger charge is 2.15. The molecule has 1 aromatic rings. The molecule has 0 radical (unpaired) electrons. The second-order valence-electron chi connectivity index (χ2n) is 4.62. The Morgan fingerprint density at radius 2 is 2.22 bits per heavy atom. The first-order valence-electron chi connectivity index (χ1n) is 6.33. The summed E-state index contributed by atoms with van der Waals surface area (Å²) in [6, 6.07) is 3.43. The molecule has 1 fully saturated rings. The summed E-state index contributed by atoms with van der Waals surface area (Å²) in [6.45, 7) is 1.65. The van der Waals surface area contributed by atoms with Crippen molar-refractivity contribution in [3.8, 4) is 0 Å². The zero-order valence-electron chi connectivity index (χ0n) is 10.4. The number of ether oxygens (including phenoxy) is 1. The van der Waals surface area contributed by atoms with Crippen molar-refractivity contribution in [1.29, 1.82) is 0 Å². The highest BCUT2D eigenvalue weighted by Crippen LogP contribution is 2.20. The SMILES string of the molecule is Nc1ccc(NC(=O)CCC2CCOCC2)nc1. The molecule has 0 aliphatic carbocycles. The number of nitrogens with two attached hydrogens (primary N) is 1. The van der Waals surface area contributed by atoms with E-state index in [1.54, 1.807) is 12.1 Å². The molecule has 0 saturated carbocycles. The second kappa shape index (κ2) is 6.35.